The number of non-ortho nitro benzene ring substituents is 1. The Balaban J connectivity index is 2.17. The molecule has 9 nitrogen and oxygen atoms in total. The number of likely N-dealkylation sites (tertiary alicyclic amines) is 1. The van der Waals surface area contributed by atoms with E-state index in [9.17, 15) is 24.8 Å². The number of rotatable bonds is 8. The van der Waals surface area contributed by atoms with E-state index in [0.29, 0.717) is 23.5 Å². The Hall–Kier alpha value is -3.72. The molecule has 3 rings (SSSR count). The number of hydrogen-bond acceptors (Lipinski definition) is 7. The average Bonchev–Trinajstić information content (AvgIpc) is 3.02. The number of aliphatic hydroxyl groups excluding tert-OH is 1. The third-order valence-electron chi connectivity index (χ3n) is 4.89. The fourth-order valence-electron chi connectivity index (χ4n) is 3.51. The van der Waals surface area contributed by atoms with Gasteiger partial charge in [-0.3, -0.25) is 19.7 Å². The van der Waals surface area contributed by atoms with Gasteiger partial charge in [-0.25, -0.2) is 0 Å². The average molecular weight is 426 g/mol. The highest BCUT2D eigenvalue weighted by molar-refractivity contribution is 6.46. The maximum Gasteiger partial charge on any atom is 0.295 e. The first-order valence-corrected chi connectivity index (χ1v) is 9.64. The summed E-state index contributed by atoms with van der Waals surface area (Å²) >= 11 is 0. The van der Waals surface area contributed by atoms with E-state index < -0.39 is 22.7 Å². The second-order valence-electron chi connectivity index (χ2n) is 6.80. The van der Waals surface area contributed by atoms with Crippen molar-refractivity contribution in [2.45, 2.75) is 13.0 Å². The lowest BCUT2D eigenvalue weighted by molar-refractivity contribution is -0.384. The molecule has 1 atom stereocenters. The van der Waals surface area contributed by atoms with Gasteiger partial charge < -0.3 is 19.5 Å². The van der Waals surface area contributed by atoms with Gasteiger partial charge in [0.05, 0.1) is 29.8 Å². The number of carbonyl (C=O) groups is 2. The highest BCUT2D eigenvalue weighted by Gasteiger charge is 2.46. The van der Waals surface area contributed by atoms with Crippen molar-refractivity contribution >= 4 is 23.1 Å². The molecule has 0 spiro atoms. The minimum Gasteiger partial charge on any atom is -0.507 e. The van der Waals surface area contributed by atoms with Crippen LogP contribution in [0.4, 0.5) is 5.69 Å². The van der Waals surface area contributed by atoms with Crippen LogP contribution in [0.15, 0.2) is 54.1 Å². The summed E-state index contributed by atoms with van der Waals surface area (Å²) < 4.78 is 10.5. The number of amides is 1. The first kappa shape index (κ1) is 22.0. The number of nitrogens with zero attached hydrogens (tertiary/aromatic N) is 2. The van der Waals surface area contributed by atoms with Crippen molar-refractivity contribution in [3.63, 3.8) is 0 Å². The third kappa shape index (κ3) is 4.41. The molecular formula is C22H22N2O7. The Morgan fingerprint density at radius 2 is 1.94 bits per heavy atom. The van der Waals surface area contributed by atoms with E-state index in [2.05, 4.69) is 0 Å². The van der Waals surface area contributed by atoms with Crippen molar-refractivity contribution in [1.29, 1.82) is 0 Å². The van der Waals surface area contributed by atoms with Crippen molar-refractivity contribution in [2.75, 3.05) is 26.9 Å². The number of Topliss-reactive ketones (excluding diaryl/α,β-unsaturated/α-hetero) is 1. The summed E-state index contributed by atoms with van der Waals surface area (Å²) in [4.78, 5) is 37.6. The Labute approximate surface area is 178 Å². The van der Waals surface area contributed by atoms with Crippen LogP contribution in [0.3, 0.4) is 0 Å². The van der Waals surface area contributed by atoms with E-state index in [1.54, 1.807) is 30.3 Å². The van der Waals surface area contributed by atoms with Crippen LogP contribution < -0.4 is 4.74 Å². The van der Waals surface area contributed by atoms with Gasteiger partial charge in [0.25, 0.3) is 17.4 Å². The number of ketones is 1. The molecule has 2 aromatic rings. The van der Waals surface area contributed by atoms with E-state index >= 15 is 0 Å². The van der Waals surface area contributed by atoms with E-state index in [1.807, 2.05) is 6.92 Å². The standard InChI is InChI=1S/C22H22N2O7/c1-3-31-17-9-5-7-15(13-17)20(25)18-19(14-6-4-8-16(12-14)24(28)29)23(10-11-30-2)22(27)21(18)26/h4-9,12-13,19,25H,3,10-11H2,1-2H3/b20-18+. The van der Waals surface area contributed by atoms with Gasteiger partial charge in [-0.05, 0) is 24.6 Å². The number of carbonyl (C=O) groups excluding carboxylic acids is 2. The molecule has 0 saturated carbocycles. The van der Waals surface area contributed by atoms with E-state index in [-0.39, 0.29) is 30.2 Å². The number of ether oxygens (including phenoxy) is 2. The summed E-state index contributed by atoms with van der Waals surface area (Å²) in [5.74, 6) is -1.56. The van der Waals surface area contributed by atoms with Crippen LogP contribution in [-0.2, 0) is 14.3 Å². The van der Waals surface area contributed by atoms with Crippen molar-refractivity contribution in [2.24, 2.45) is 0 Å². The zero-order valence-corrected chi connectivity index (χ0v) is 17.1. The van der Waals surface area contributed by atoms with Crippen LogP contribution in [0.25, 0.3) is 5.76 Å². The van der Waals surface area contributed by atoms with E-state index in [1.165, 1.54) is 30.2 Å². The molecule has 0 bridgehead atoms. The van der Waals surface area contributed by atoms with Crippen LogP contribution in [0, 0.1) is 10.1 Å². The van der Waals surface area contributed by atoms with Crippen LogP contribution in [0.5, 0.6) is 5.75 Å². The van der Waals surface area contributed by atoms with Gasteiger partial charge in [-0.15, -0.1) is 0 Å². The summed E-state index contributed by atoms with van der Waals surface area (Å²) in [7, 11) is 1.46. The normalized spacial score (nSPS) is 17.7. The Bertz CT molecular complexity index is 1050. The fourth-order valence-corrected chi connectivity index (χ4v) is 3.51. The maximum absolute atomic E-state index is 12.9. The molecule has 1 heterocycles. The van der Waals surface area contributed by atoms with Crippen molar-refractivity contribution in [3.8, 4) is 5.75 Å². The van der Waals surface area contributed by atoms with Gasteiger partial charge in [0.1, 0.15) is 11.5 Å². The SMILES string of the molecule is CCOc1cccc(/C(O)=C2\C(=O)C(=O)N(CCOC)C2c2cccc([N+](=O)[O-])c2)c1. The number of aliphatic hydroxyl groups is 1. The molecule has 9 heteroatoms. The number of nitro benzene ring substituents is 1. The Morgan fingerprint density at radius 1 is 1.19 bits per heavy atom. The number of nitro groups is 1. The summed E-state index contributed by atoms with van der Waals surface area (Å²) in [5, 5.41) is 22.3. The molecule has 1 fully saturated rings. The monoisotopic (exact) mass is 426 g/mol. The number of hydrogen-bond donors (Lipinski definition) is 1. The highest BCUT2D eigenvalue weighted by atomic mass is 16.6. The first-order chi connectivity index (χ1) is 14.9. The lowest BCUT2D eigenvalue weighted by Crippen LogP contribution is -2.32. The topological polar surface area (TPSA) is 119 Å². The zero-order valence-electron chi connectivity index (χ0n) is 17.1. The largest absolute Gasteiger partial charge is 0.507 e. The minimum atomic E-state index is -0.995. The summed E-state index contributed by atoms with van der Waals surface area (Å²) in [6.07, 6.45) is 0. The summed E-state index contributed by atoms with van der Waals surface area (Å²) in [6.45, 7) is 2.46. The predicted molar refractivity (Wildman–Crippen MR) is 112 cm³/mol. The molecule has 1 unspecified atom stereocenters. The molecule has 162 valence electrons. The first-order valence-electron chi connectivity index (χ1n) is 9.64. The lowest BCUT2D eigenvalue weighted by Gasteiger charge is -2.25. The molecule has 0 aliphatic carbocycles. The number of benzene rings is 2. The van der Waals surface area contributed by atoms with Crippen molar-refractivity contribution in [3.05, 3.63) is 75.3 Å². The Kier molecular flexibility index (Phi) is 6.66. The third-order valence-corrected chi connectivity index (χ3v) is 4.89. The molecule has 1 aliphatic rings. The molecular weight excluding hydrogens is 404 g/mol. The smallest absolute Gasteiger partial charge is 0.295 e. The van der Waals surface area contributed by atoms with Crippen molar-refractivity contribution in [1.82, 2.24) is 4.90 Å². The van der Waals surface area contributed by atoms with Crippen LogP contribution >= 0.6 is 0 Å². The van der Waals surface area contributed by atoms with Gasteiger partial charge in [-0.1, -0.05) is 24.3 Å². The molecule has 31 heavy (non-hydrogen) atoms. The summed E-state index contributed by atoms with van der Waals surface area (Å²) in [6, 6.07) is 11.2. The second-order valence-corrected chi connectivity index (χ2v) is 6.80. The molecule has 1 amide bonds. The second kappa shape index (κ2) is 9.40. The van der Waals surface area contributed by atoms with Gasteiger partial charge >= 0.3 is 0 Å². The zero-order chi connectivity index (χ0) is 22.5. The van der Waals surface area contributed by atoms with Crippen LogP contribution in [-0.4, -0.2) is 53.5 Å². The number of methoxy groups -OCH3 is 1. The molecule has 1 saturated heterocycles. The van der Waals surface area contributed by atoms with Crippen LogP contribution in [0.1, 0.15) is 24.1 Å². The molecule has 0 aromatic heterocycles. The van der Waals surface area contributed by atoms with Gasteiger partial charge in [0.2, 0.25) is 0 Å². The van der Waals surface area contributed by atoms with Crippen molar-refractivity contribution < 1.29 is 29.1 Å². The van der Waals surface area contributed by atoms with E-state index in [4.69, 9.17) is 9.47 Å². The molecule has 0 radical (unpaired) electrons. The highest BCUT2D eigenvalue weighted by Crippen LogP contribution is 2.40. The van der Waals surface area contributed by atoms with Gasteiger partial charge in [-0.2, -0.15) is 0 Å². The van der Waals surface area contributed by atoms with Gasteiger partial charge in [0.15, 0.2) is 0 Å². The van der Waals surface area contributed by atoms with Crippen LogP contribution in [0.2, 0.25) is 0 Å². The lowest BCUT2D eigenvalue weighted by atomic mass is 9.95. The summed E-state index contributed by atoms with van der Waals surface area (Å²) in [5.41, 5.74) is 0.307. The maximum atomic E-state index is 12.9. The molecule has 1 N–H and O–H groups in total. The molecule has 2 aromatic carbocycles. The Morgan fingerprint density at radius 3 is 2.61 bits per heavy atom. The minimum absolute atomic E-state index is 0.0736. The fraction of sp³-hybridized carbons (Fsp3) is 0.273. The van der Waals surface area contributed by atoms with E-state index in [0.717, 1.165) is 0 Å². The van der Waals surface area contributed by atoms with Gasteiger partial charge in [0, 0.05) is 31.4 Å². The quantitative estimate of drug-likeness (QED) is 0.226. The predicted octanol–water partition coefficient (Wildman–Crippen LogP) is 3.06. The molecule has 1 aliphatic heterocycles.